The van der Waals surface area contributed by atoms with E-state index < -0.39 is 4.92 Å². The van der Waals surface area contributed by atoms with E-state index in [1.807, 2.05) is 0 Å². The minimum atomic E-state index is -0.590. The highest BCUT2D eigenvalue weighted by Gasteiger charge is 2.21. The van der Waals surface area contributed by atoms with Crippen molar-refractivity contribution >= 4 is 52.1 Å². The average molecular weight is 338 g/mol. The Labute approximate surface area is 128 Å². The molecule has 2 aromatic rings. The van der Waals surface area contributed by atoms with Crippen molar-refractivity contribution in [3.8, 4) is 11.3 Å². The van der Waals surface area contributed by atoms with Gasteiger partial charge in [0.1, 0.15) is 5.69 Å². The summed E-state index contributed by atoms with van der Waals surface area (Å²) in [6.45, 7) is 0. The summed E-state index contributed by atoms with van der Waals surface area (Å²) < 4.78 is 0. The number of nitrogens with zero attached hydrogens (tertiary/aromatic N) is 2. The second-order valence-electron chi connectivity index (χ2n) is 3.50. The van der Waals surface area contributed by atoms with Gasteiger partial charge in [0.2, 0.25) is 0 Å². The molecule has 8 heteroatoms. The van der Waals surface area contributed by atoms with Gasteiger partial charge in [-0.25, -0.2) is 4.98 Å². The number of aromatic nitrogens is 1. The fourth-order valence-electron chi connectivity index (χ4n) is 1.48. The Morgan fingerprint density at radius 2 is 1.79 bits per heavy atom. The topological polar surface area (TPSA) is 56.0 Å². The third-order valence-corrected chi connectivity index (χ3v) is 3.82. The zero-order valence-corrected chi connectivity index (χ0v) is 12.1. The molecular formula is C11H4Cl4N2O2. The molecule has 0 spiro atoms. The first kappa shape index (κ1) is 14.3. The van der Waals surface area contributed by atoms with E-state index in [4.69, 9.17) is 46.4 Å². The molecule has 0 amide bonds. The summed E-state index contributed by atoms with van der Waals surface area (Å²) in [5.74, 6) is 0. The van der Waals surface area contributed by atoms with Crippen LogP contribution in [0.15, 0.2) is 24.4 Å². The van der Waals surface area contributed by atoms with Crippen molar-refractivity contribution in [3.05, 3.63) is 54.6 Å². The van der Waals surface area contributed by atoms with Gasteiger partial charge < -0.3 is 0 Å². The monoisotopic (exact) mass is 336 g/mol. The molecule has 98 valence electrons. The standard InChI is InChI=1S/C11H4Cl4N2O2/c12-5-3-8(17(18)19)11(16-4-5)6-1-2-7(13)10(15)9(6)14/h1-4H. The lowest BCUT2D eigenvalue weighted by Crippen LogP contribution is -1.95. The Bertz CT molecular complexity index is 676. The third kappa shape index (κ3) is 2.77. The number of pyridine rings is 1. The summed E-state index contributed by atoms with van der Waals surface area (Å²) in [7, 11) is 0. The maximum absolute atomic E-state index is 11.0. The van der Waals surface area contributed by atoms with Crippen molar-refractivity contribution in [3.63, 3.8) is 0 Å². The van der Waals surface area contributed by atoms with Gasteiger partial charge in [0, 0.05) is 17.8 Å². The van der Waals surface area contributed by atoms with E-state index in [2.05, 4.69) is 4.98 Å². The number of hydrogen-bond donors (Lipinski definition) is 0. The lowest BCUT2D eigenvalue weighted by atomic mass is 10.1. The van der Waals surface area contributed by atoms with Crippen LogP contribution in [0.4, 0.5) is 5.69 Å². The summed E-state index contributed by atoms with van der Waals surface area (Å²) in [6, 6.07) is 4.20. The molecule has 0 saturated carbocycles. The van der Waals surface area contributed by atoms with E-state index in [-0.39, 0.29) is 31.5 Å². The molecular weight excluding hydrogens is 334 g/mol. The maximum atomic E-state index is 11.0. The lowest BCUT2D eigenvalue weighted by molar-refractivity contribution is -0.384. The van der Waals surface area contributed by atoms with Crippen molar-refractivity contribution in [1.29, 1.82) is 0 Å². The van der Waals surface area contributed by atoms with Gasteiger partial charge in [-0.3, -0.25) is 10.1 Å². The lowest BCUT2D eigenvalue weighted by Gasteiger charge is -2.07. The van der Waals surface area contributed by atoms with Crippen LogP contribution in [0, 0.1) is 10.1 Å². The summed E-state index contributed by atoms with van der Waals surface area (Å²) in [6.07, 6.45) is 1.29. The summed E-state index contributed by atoms with van der Waals surface area (Å²) in [4.78, 5) is 14.4. The smallest absolute Gasteiger partial charge is 0.258 e. The highest BCUT2D eigenvalue weighted by molar-refractivity contribution is 6.49. The molecule has 1 heterocycles. The summed E-state index contributed by atoms with van der Waals surface area (Å²) >= 11 is 23.5. The van der Waals surface area contributed by atoms with Crippen molar-refractivity contribution in [2.24, 2.45) is 0 Å². The highest BCUT2D eigenvalue weighted by atomic mass is 35.5. The Hall–Kier alpha value is -1.07. The quantitative estimate of drug-likeness (QED) is 0.426. The van der Waals surface area contributed by atoms with Crippen LogP contribution in [-0.4, -0.2) is 9.91 Å². The minimum absolute atomic E-state index is 0.0815. The molecule has 0 saturated heterocycles. The predicted octanol–water partition coefficient (Wildman–Crippen LogP) is 5.27. The van der Waals surface area contributed by atoms with E-state index in [0.29, 0.717) is 5.56 Å². The van der Waals surface area contributed by atoms with E-state index >= 15 is 0 Å². The van der Waals surface area contributed by atoms with Gasteiger partial charge in [0.15, 0.2) is 0 Å². The molecule has 0 aliphatic carbocycles. The molecule has 1 aromatic heterocycles. The average Bonchev–Trinajstić information content (AvgIpc) is 2.37. The SMILES string of the molecule is O=[N+]([O-])c1cc(Cl)cnc1-c1ccc(Cl)c(Cl)c1Cl. The molecule has 1 aromatic carbocycles. The molecule has 19 heavy (non-hydrogen) atoms. The minimum Gasteiger partial charge on any atom is -0.258 e. The fourth-order valence-corrected chi connectivity index (χ4v) is 2.26. The molecule has 0 unspecified atom stereocenters. The zero-order valence-electron chi connectivity index (χ0n) is 9.03. The Morgan fingerprint density at radius 3 is 2.42 bits per heavy atom. The predicted molar refractivity (Wildman–Crippen MR) is 76.4 cm³/mol. The molecule has 2 rings (SSSR count). The normalized spacial score (nSPS) is 10.5. The molecule has 4 nitrogen and oxygen atoms in total. The molecule has 0 atom stereocenters. The van der Waals surface area contributed by atoms with Crippen LogP contribution in [-0.2, 0) is 0 Å². The van der Waals surface area contributed by atoms with Crippen molar-refractivity contribution in [2.75, 3.05) is 0 Å². The molecule has 0 aliphatic heterocycles. The Kier molecular flexibility index (Phi) is 4.16. The van der Waals surface area contributed by atoms with Gasteiger partial charge in [0.05, 0.1) is 25.0 Å². The van der Waals surface area contributed by atoms with Crippen LogP contribution in [0.3, 0.4) is 0 Å². The fraction of sp³-hybridized carbons (Fsp3) is 0. The maximum Gasteiger partial charge on any atom is 0.297 e. The Morgan fingerprint density at radius 1 is 1.11 bits per heavy atom. The molecule has 0 aliphatic rings. The van der Waals surface area contributed by atoms with E-state index in [1.54, 1.807) is 0 Å². The van der Waals surface area contributed by atoms with E-state index in [0.717, 1.165) is 0 Å². The number of halogens is 4. The van der Waals surface area contributed by atoms with Crippen LogP contribution in [0.5, 0.6) is 0 Å². The first-order valence-electron chi connectivity index (χ1n) is 4.85. The van der Waals surface area contributed by atoms with Crippen LogP contribution in [0.1, 0.15) is 0 Å². The molecule has 0 radical (unpaired) electrons. The van der Waals surface area contributed by atoms with Crippen LogP contribution >= 0.6 is 46.4 Å². The Balaban J connectivity index is 2.72. The molecule has 0 fully saturated rings. The van der Waals surface area contributed by atoms with E-state index in [1.165, 1.54) is 24.4 Å². The van der Waals surface area contributed by atoms with E-state index in [9.17, 15) is 10.1 Å². The van der Waals surface area contributed by atoms with Crippen LogP contribution in [0.25, 0.3) is 11.3 Å². The van der Waals surface area contributed by atoms with Gasteiger partial charge in [-0.15, -0.1) is 0 Å². The second-order valence-corrected chi connectivity index (χ2v) is 5.10. The highest BCUT2D eigenvalue weighted by Crippen LogP contribution is 2.40. The first-order valence-corrected chi connectivity index (χ1v) is 6.37. The van der Waals surface area contributed by atoms with Crippen LogP contribution in [0.2, 0.25) is 20.1 Å². The van der Waals surface area contributed by atoms with Gasteiger partial charge in [-0.05, 0) is 12.1 Å². The second kappa shape index (κ2) is 5.51. The molecule has 0 N–H and O–H groups in total. The van der Waals surface area contributed by atoms with Crippen molar-refractivity contribution in [1.82, 2.24) is 4.98 Å². The summed E-state index contributed by atoms with van der Waals surface area (Å²) in [5, 5.41) is 11.7. The van der Waals surface area contributed by atoms with Gasteiger partial charge >= 0.3 is 0 Å². The van der Waals surface area contributed by atoms with Crippen LogP contribution < -0.4 is 0 Å². The third-order valence-electron chi connectivity index (χ3n) is 2.32. The van der Waals surface area contributed by atoms with Crippen molar-refractivity contribution < 1.29 is 4.92 Å². The molecule has 0 bridgehead atoms. The number of rotatable bonds is 2. The number of nitro groups is 1. The van der Waals surface area contributed by atoms with Gasteiger partial charge in [-0.2, -0.15) is 0 Å². The zero-order chi connectivity index (χ0) is 14.2. The summed E-state index contributed by atoms with van der Waals surface area (Å²) in [5.41, 5.74) is 0.144. The van der Waals surface area contributed by atoms with Crippen molar-refractivity contribution in [2.45, 2.75) is 0 Å². The largest absolute Gasteiger partial charge is 0.297 e. The number of hydrogen-bond acceptors (Lipinski definition) is 3. The van der Waals surface area contributed by atoms with Gasteiger partial charge in [-0.1, -0.05) is 46.4 Å². The van der Waals surface area contributed by atoms with Gasteiger partial charge in [0.25, 0.3) is 5.69 Å². The number of benzene rings is 1. The first-order chi connectivity index (χ1) is 8.91.